The first kappa shape index (κ1) is 18.4. The summed E-state index contributed by atoms with van der Waals surface area (Å²) in [7, 11) is 0. The highest BCUT2D eigenvalue weighted by Gasteiger charge is 2.35. The molecule has 2 rings (SSSR count). The Balaban J connectivity index is 1.95. The number of anilines is 1. The molecule has 4 heteroatoms. The molecular weight excluding hydrogens is 302 g/mol. The van der Waals surface area contributed by atoms with Crippen LogP contribution in [-0.2, 0) is 9.59 Å². The Kier molecular flexibility index (Phi) is 6.29. The highest BCUT2D eigenvalue weighted by atomic mass is 16.2. The second kappa shape index (κ2) is 8.22. The fourth-order valence-corrected chi connectivity index (χ4v) is 3.23. The predicted molar refractivity (Wildman–Crippen MR) is 95.2 cm³/mol. The van der Waals surface area contributed by atoms with Crippen LogP contribution in [0.4, 0.5) is 5.69 Å². The Morgan fingerprint density at radius 1 is 1.17 bits per heavy atom. The predicted octanol–water partition coefficient (Wildman–Crippen LogP) is 3.90. The normalized spacial score (nSPS) is 19.2. The molecular formula is C20H27NO3. The third-order valence-corrected chi connectivity index (χ3v) is 4.79. The lowest BCUT2D eigenvalue weighted by molar-refractivity contribution is -0.128. The van der Waals surface area contributed by atoms with E-state index in [0.717, 1.165) is 24.1 Å². The van der Waals surface area contributed by atoms with E-state index < -0.39 is 23.3 Å². The summed E-state index contributed by atoms with van der Waals surface area (Å²) in [6, 6.07) is 7.10. The summed E-state index contributed by atoms with van der Waals surface area (Å²) in [6.07, 6.45) is 5.12. The minimum absolute atomic E-state index is 0.400. The van der Waals surface area contributed by atoms with E-state index in [1.807, 2.05) is 6.07 Å². The van der Waals surface area contributed by atoms with Crippen LogP contribution >= 0.6 is 0 Å². The van der Waals surface area contributed by atoms with E-state index >= 15 is 0 Å². The number of benzene rings is 1. The SMILES string of the molecule is CCCCC1CC1CNc1cccc(C(=O)C(C(C)=O)C(C)=O)c1. The van der Waals surface area contributed by atoms with Crippen molar-refractivity contribution in [2.24, 2.45) is 17.8 Å². The lowest BCUT2D eigenvalue weighted by atomic mass is 9.91. The molecule has 1 aliphatic rings. The number of carbonyl (C=O) groups is 3. The van der Waals surface area contributed by atoms with Crippen molar-refractivity contribution in [3.63, 3.8) is 0 Å². The quantitative estimate of drug-likeness (QED) is 0.522. The molecule has 4 nitrogen and oxygen atoms in total. The van der Waals surface area contributed by atoms with E-state index in [9.17, 15) is 14.4 Å². The molecule has 0 aromatic heterocycles. The summed E-state index contributed by atoms with van der Waals surface area (Å²) in [5.74, 6) is -0.835. The van der Waals surface area contributed by atoms with E-state index in [4.69, 9.17) is 0 Å². The van der Waals surface area contributed by atoms with E-state index in [2.05, 4.69) is 12.2 Å². The highest BCUT2D eigenvalue weighted by Crippen LogP contribution is 2.42. The van der Waals surface area contributed by atoms with Gasteiger partial charge >= 0.3 is 0 Å². The minimum Gasteiger partial charge on any atom is -0.385 e. The van der Waals surface area contributed by atoms with Gasteiger partial charge in [0.25, 0.3) is 0 Å². The van der Waals surface area contributed by atoms with Crippen LogP contribution in [0.25, 0.3) is 0 Å². The molecule has 0 bridgehead atoms. The molecule has 2 unspecified atom stereocenters. The van der Waals surface area contributed by atoms with Gasteiger partial charge in [0.2, 0.25) is 0 Å². The number of ketones is 3. The topological polar surface area (TPSA) is 63.2 Å². The van der Waals surface area contributed by atoms with Crippen LogP contribution in [0.3, 0.4) is 0 Å². The van der Waals surface area contributed by atoms with Crippen LogP contribution in [0.5, 0.6) is 0 Å². The molecule has 1 aliphatic carbocycles. The zero-order valence-electron chi connectivity index (χ0n) is 14.8. The van der Waals surface area contributed by atoms with Crippen molar-refractivity contribution in [1.29, 1.82) is 0 Å². The fourth-order valence-electron chi connectivity index (χ4n) is 3.23. The van der Waals surface area contributed by atoms with Gasteiger partial charge in [-0.3, -0.25) is 14.4 Å². The van der Waals surface area contributed by atoms with Crippen molar-refractivity contribution in [2.75, 3.05) is 11.9 Å². The summed E-state index contributed by atoms with van der Waals surface area (Å²) in [5.41, 5.74) is 1.28. The van der Waals surface area contributed by atoms with Crippen LogP contribution in [-0.4, -0.2) is 23.9 Å². The monoisotopic (exact) mass is 329 g/mol. The smallest absolute Gasteiger partial charge is 0.180 e. The molecule has 1 saturated carbocycles. The average Bonchev–Trinajstić information content (AvgIpc) is 3.29. The lowest BCUT2D eigenvalue weighted by Gasteiger charge is -2.11. The van der Waals surface area contributed by atoms with E-state index in [-0.39, 0.29) is 0 Å². The molecule has 0 spiro atoms. The second-order valence-corrected chi connectivity index (χ2v) is 6.88. The number of unbranched alkanes of at least 4 members (excludes halogenated alkanes) is 1. The number of nitrogens with one attached hydrogen (secondary N) is 1. The first-order chi connectivity index (χ1) is 11.4. The Morgan fingerprint density at radius 2 is 1.88 bits per heavy atom. The van der Waals surface area contributed by atoms with Crippen molar-refractivity contribution >= 4 is 23.0 Å². The summed E-state index contributed by atoms with van der Waals surface area (Å²) in [6.45, 7) is 5.70. The molecule has 0 heterocycles. The van der Waals surface area contributed by atoms with Gasteiger partial charge in [-0.2, -0.15) is 0 Å². The first-order valence-electron chi connectivity index (χ1n) is 8.83. The van der Waals surface area contributed by atoms with Gasteiger partial charge in [-0.1, -0.05) is 38.3 Å². The summed E-state index contributed by atoms with van der Waals surface area (Å²) >= 11 is 0. The summed E-state index contributed by atoms with van der Waals surface area (Å²) in [4.78, 5) is 35.6. The van der Waals surface area contributed by atoms with Gasteiger partial charge in [0.05, 0.1) is 0 Å². The second-order valence-electron chi connectivity index (χ2n) is 6.88. The van der Waals surface area contributed by atoms with Gasteiger partial charge in [-0.05, 0) is 44.2 Å². The number of hydrogen-bond acceptors (Lipinski definition) is 4. The minimum atomic E-state index is -1.18. The maximum absolute atomic E-state index is 12.4. The largest absolute Gasteiger partial charge is 0.385 e. The van der Waals surface area contributed by atoms with Gasteiger partial charge in [0.15, 0.2) is 5.78 Å². The Labute approximate surface area is 144 Å². The van der Waals surface area contributed by atoms with Crippen molar-refractivity contribution in [3.05, 3.63) is 29.8 Å². The zero-order chi connectivity index (χ0) is 17.7. The highest BCUT2D eigenvalue weighted by molar-refractivity contribution is 6.23. The van der Waals surface area contributed by atoms with Crippen molar-refractivity contribution in [3.8, 4) is 0 Å². The van der Waals surface area contributed by atoms with E-state index in [0.29, 0.717) is 5.56 Å². The maximum atomic E-state index is 12.4. The molecule has 24 heavy (non-hydrogen) atoms. The molecule has 0 amide bonds. The molecule has 1 aromatic carbocycles. The van der Waals surface area contributed by atoms with Crippen LogP contribution in [0.1, 0.15) is 56.8 Å². The molecule has 0 saturated heterocycles. The molecule has 0 aliphatic heterocycles. The molecule has 130 valence electrons. The number of carbonyl (C=O) groups excluding carboxylic acids is 3. The zero-order valence-corrected chi connectivity index (χ0v) is 14.8. The van der Waals surface area contributed by atoms with Crippen molar-refractivity contribution in [1.82, 2.24) is 0 Å². The molecule has 0 radical (unpaired) electrons. The van der Waals surface area contributed by atoms with Gasteiger partial charge in [-0.25, -0.2) is 0 Å². The Hall–Kier alpha value is -1.97. The molecule has 1 aromatic rings. The maximum Gasteiger partial charge on any atom is 0.180 e. The fraction of sp³-hybridized carbons (Fsp3) is 0.550. The van der Waals surface area contributed by atoms with E-state index in [1.54, 1.807) is 18.2 Å². The number of Topliss-reactive ketones (excluding diaryl/α,β-unsaturated/α-hetero) is 3. The van der Waals surface area contributed by atoms with Crippen LogP contribution < -0.4 is 5.32 Å². The third-order valence-electron chi connectivity index (χ3n) is 4.79. The van der Waals surface area contributed by atoms with Crippen molar-refractivity contribution < 1.29 is 14.4 Å². The number of rotatable bonds is 10. The van der Waals surface area contributed by atoms with Gasteiger partial charge in [0.1, 0.15) is 17.5 Å². The first-order valence-corrected chi connectivity index (χ1v) is 8.83. The van der Waals surface area contributed by atoms with Gasteiger partial charge in [-0.15, -0.1) is 0 Å². The standard InChI is InChI=1S/C20H27NO3/c1-4-5-7-15-10-17(15)12-21-18-9-6-8-16(11-18)20(24)19(13(2)22)14(3)23/h6,8-9,11,15,17,19,21H,4-5,7,10,12H2,1-3H3. The molecule has 2 atom stereocenters. The Bertz CT molecular complexity index is 609. The van der Waals surface area contributed by atoms with E-state index in [1.165, 1.54) is 39.5 Å². The van der Waals surface area contributed by atoms with Crippen molar-refractivity contribution in [2.45, 2.75) is 46.5 Å². The van der Waals surface area contributed by atoms with Gasteiger partial charge in [0, 0.05) is 17.8 Å². The van der Waals surface area contributed by atoms with Crippen LogP contribution in [0.15, 0.2) is 24.3 Å². The number of hydrogen-bond donors (Lipinski definition) is 1. The summed E-state index contributed by atoms with van der Waals surface area (Å²) in [5, 5.41) is 3.38. The molecule has 1 N–H and O–H groups in total. The third kappa shape index (κ3) is 4.76. The van der Waals surface area contributed by atoms with Crippen LogP contribution in [0.2, 0.25) is 0 Å². The summed E-state index contributed by atoms with van der Waals surface area (Å²) < 4.78 is 0. The molecule has 1 fully saturated rings. The average molecular weight is 329 g/mol. The van der Waals surface area contributed by atoms with Crippen LogP contribution in [0, 0.1) is 17.8 Å². The van der Waals surface area contributed by atoms with Gasteiger partial charge < -0.3 is 5.32 Å². The lowest BCUT2D eigenvalue weighted by Crippen LogP contribution is -2.28. The Morgan fingerprint density at radius 3 is 2.50 bits per heavy atom.